The van der Waals surface area contributed by atoms with Crippen molar-refractivity contribution >= 4 is 0 Å². The first-order valence-electron chi connectivity index (χ1n) is 9.37. The van der Waals surface area contributed by atoms with Crippen LogP contribution in [0.2, 0.25) is 0 Å². The molecule has 2 rings (SSSR count). The normalized spacial score (nSPS) is 13.3. The number of benzene rings is 2. The second kappa shape index (κ2) is 10.8. The molecule has 0 saturated heterocycles. The highest BCUT2D eigenvalue weighted by atomic mass is 16.5. The Bertz CT molecular complexity index is 674. The van der Waals surface area contributed by atoms with Crippen LogP contribution in [0.4, 0.5) is 0 Å². The maximum atomic E-state index is 10.5. The molecule has 0 aliphatic heterocycles. The van der Waals surface area contributed by atoms with Crippen LogP contribution in [0.25, 0.3) is 0 Å². The van der Waals surface area contributed by atoms with Crippen molar-refractivity contribution in [2.24, 2.45) is 0 Å². The second-order valence-corrected chi connectivity index (χ2v) is 6.68. The van der Waals surface area contributed by atoms with Gasteiger partial charge in [-0.05, 0) is 55.3 Å². The molecule has 5 heteroatoms. The molecule has 0 aliphatic rings. The zero-order valence-corrected chi connectivity index (χ0v) is 16.7. The number of aliphatic hydroxyl groups is 1. The summed E-state index contributed by atoms with van der Waals surface area (Å²) in [5.74, 6) is 2.35. The minimum Gasteiger partial charge on any atom is -0.497 e. The molecule has 148 valence electrons. The van der Waals surface area contributed by atoms with Gasteiger partial charge in [-0.3, -0.25) is 4.90 Å². The highest BCUT2D eigenvalue weighted by Gasteiger charge is 2.18. The van der Waals surface area contributed by atoms with E-state index in [1.54, 1.807) is 14.2 Å². The first-order chi connectivity index (χ1) is 13.0. The van der Waals surface area contributed by atoms with Crippen LogP contribution in [0.3, 0.4) is 0 Å². The van der Waals surface area contributed by atoms with E-state index in [4.69, 9.17) is 14.2 Å². The fourth-order valence-electron chi connectivity index (χ4n) is 2.85. The van der Waals surface area contributed by atoms with Crippen molar-refractivity contribution in [2.45, 2.75) is 39.0 Å². The van der Waals surface area contributed by atoms with Crippen molar-refractivity contribution in [2.75, 3.05) is 27.4 Å². The molecule has 0 saturated carbocycles. The summed E-state index contributed by atoms with van der Waals surface area (Å²) >= 11 is 0. The van der Waals surface area contributed by atoms with Crippen molar-refractivity contribution in [3.05, 3.63) is 54.1 Å². The molecule has 0 aliphatic carbocycles. The van der Waals surface area contributed by atoms with E-state index in [9.17, 15) is 5.11 Å². The third-order valence-corrected chi connectivity index (χ3v) is 4.68. The summed E-state index contributed by atoms with van der Waals surface area (Å²) in [6, 6.07) is 15.8. The van der Waals surface area contributed by atoms with Crippen LogP contribution in [-0.4, -0.2) is 49.5 Å². The topological polar surface area (TPSA) is 51.2 Å². The maximum Gasteiger partial charge on any atom is 0.119 e. The molecule has 1 N–H and O–H groups in total. The van der Waals surface area contributed by atoms with Gasteiger partial charge in [-0.15, -0.1) is 0 Å². The monoisotopic (exact) mass is 373 g/mol. The summed E-state index contributed by atoms with van der Waals surface area (Å²) in [6.45, 7) is 5.88. The van der Waals surface area contributed by atoms with Crippen molar-refractivity contribution in [1.82, 2.24) is 4.90 Å². The molecule has 0 radical (unpaired) electrons. The molecule has 5 nitrogen and oxygen atoms in total. The summed E-state index contributed by atoms with van der Waals surface area (Å²) in [7, 11) is 3.30. The minimum atomic E-state index is -0.577. The van der Waals surface area contributed by atoms with Crippen molar-refractivity contribution in [3.63, 3.8) is 0 Å². The van der Waals surface area contributed by atoms with Crippen molar-refractivity contribution in [3.8, 4) is 17.2 Å². The smallest absolute Gasteiger partial charge is 0.119 e. The predicted octanol–water partition coefficient (Wildman–Crippen LogP) is 3.74. The maximum absolute atomic E-state index is 10.5. The number of hydrogen-bond acceptors (Lipinski definition) is 5. The summed E-state index contributed by atoms with van der Waals surface area (Å²) < 4.78 is 16.2. The minimum absolute atomic E-state index is 0.247. The molecular formula is C22H31NO4. The number of methoxy groups -OCH3 is 2. The van der Waals surface area contributed by atoms with Crippen LogP contribution in [0, 0.1) is 0 Å². The number of rotatable bonds is 11. The Morgan fingerprint density at radius 2 is 1.63 bits per heavy atom. The van der Waals surface area contributed by atoms with E-state index >= 15 is 0 Å². The van der Waals surface area contributed by atoms with Gasteiger partial charge in [0.25, 0.3) is 0 Å². The molecule has 0 fully saturated rings. The summed E-state index contributed by atoms with van der Waals surface area (Å²) in [5, 5.41) is 10.5. The zero-order valence-electron chi connectivity index (χ0n) is 16.7. The van der Waals surface area contributed by atoms with Crippen LogP contribution < -0.4 is 14.2 Å². The average Bonchev–Trinajstić information content (AvgIpc) is 2.71. The van der Waals surface area contributed by atoms with Crippen LogP contribution in [-0.2, 0) is 6.54 Å². The standard InChI is InChI=1S/C22H31NO4/c1-5-17(2)23(14-18-7-6-8-22(13-18)26-4)15-19(24)16-27-21-11-9-20(25-3)10-12-21/h6-13,17,19,24H,5,14-16H2,1-4H3/t17-,19-/m0/s1. The third kappa shape index (κ3) is 6.77. The lowest BCUT2D eigenvalue weighted by Gasteiger charge is -2.30. The van der Waals surface area contributed by atoms with Gasteiger partial charge in [0.2, 0.25) is 0 Å². The molecule has 0 unspecified atom stereocenters. The molecule has 0 aromatic heterocycles. The van der Waals surface area contributed by atoms with E-state index in [2.05, 4.69) is 24.8 Å². The molecule has 2 atom stereocenters. The molecule has 2 aromatic carbocycles. The Hall–Kier alpha value is -2.24. The Morgan fingerprint density at radius 3 is 2.26 bits per heavy atom. The van der Waals surface area contributed by atoms with Gasteiger partial charge >= 0.3 is 0 Å². The molecule has 0 bridgehead atoms. The zero-order chi connectivity index (χ0) is 19.6. The highest BCUT2D eigenvalue weighted by molar-refractivity contribution is 5.31. The van der Waals surface area contributed by atoms with Gasteiger partial charge in [-0.1, -0.05) is 19.1 Å². The van der Waals surface area contributed by atoms with Crippen LogP contribution in [0.15, 0.2) is 48.5 Å². The van der Waals surface area contributed by atoms with Gasteiger partial charge < -0.3 is 19.3 Å². The largest absolute Gasteiger partial charge is 0.497 e. The van der Waals surface area contributed by atoms with E-state index in [1.165, 1.54) is 0 Å². The lowest BCUT2D eigenvalue weighted by atomic mass is 10.1. The summed E-state index contributed by atoms with van der Waals surface area (Å²) in [6.07, 6.45) is 0.433. The first-order valence-corrected chi connectivity index (χ1v) is 9.37. The van der Waals surface area contributed by atoms with E-state index in [1.807, 2.05) is 42.5 Å². The molecule has 0 spiro atoms. The Balaban J connectivity index is 1.93. The third-order valence-electron chi connectivity index (χ3n) is 4.68. The molecular weight excluding hydrogens is 342 g/mol. The van der Waals surface area contributed by atoms with Gasteiger partial charge in [0.15, 0.2) is 0 Å². The Labute approximate surface area is 162 Å². The second-order valence-electron chi connectivity index (χ2n) is 6.68. The van der Waals surface area contributed by atoms with Gasteiger partial charge in [-0.25, -0.2) is 0 Å². The number of nitrogens with zero attached hydrogens (tertiary/aromatic N) is 1. The highest BCUT2D eigenvalue weighted by Crippen LogP contribution is 2.19. The first kappa shape index (κ1) is 21.1. The summed E-state index contributed by atoms with van der Waals surface area (Å²) in [5.41, 5.74) is 1.16. The fraction of sp³-hybridized carbons (Fsp3) is 0.455. The summed E-state index contributed by atoms with van der Waals surface area (Å²) in [4.78, 5) is 2.27. The van der Waals surface area contributed by atoms with E-state index in [-0.39, 0.29) is 6.61 Å². The van der Waals surface area contributed by atoms with Crippen LogP contribution in [0.1, 0.15) is 25.8 Å². The number of ether oxygens (including phenoxy) is 3. The van der Waals surface area contributed by atoms with Crippen LogP contribution >= 0.6 is 0 Å². The molecule has 2 aromatic rings. The lowest BCUT2D eigenvalue weighted by Crippen LogP contribution is -2.40. The molecule has 0 amide bonds. The number of aliphatic hydroxyl groups excluding tert-OH is 1. The van der Waals surface area contributed by atoms with Gasteiger partial charge in [-0.2, -0.15) is 0 Å². The van der Waals surface area contributed by atoms with Gasteiger partial charge in [0.05, 0.1) is 14.2 Å². The van der Waals surface area contributed by atoms with Crippen LogP contribution in [0.5, 0.6) is 17.2 Å². The van der Waals surface area contributed by atoms with E-state index in [0.717, 1.165) is 35.8 Å². The predicted molar refractivity (Wildman–Crippen MR) is 108 cm³/mol. The lowest BCUT2D eigenvalue weighted by molar-refractivity contribution is 0.0506. The average molecular weight is 373 g/mol. The SMILES string of the molecule is CC[C@H](C)N(Cc1cccc(OC)c1)C[C@H](O)COc1ccc(OC)cc1. The van der Waals surface area contributed by atoms with E-state index in [0.29, 0.717) is 12.6 Å². The fourth-order valence-corrected chi connectivity index (χ4v) is 2.85. The Morgan fingerprint density at radius 1 is 0.963 bits per heavy atom. The molecule has 0 heterocycles. The molecule has 27 heavy (non-hydrogen) atoms. The number of hydrogen-bond donors (Lipinski definition) is 1. The van der Waals surface area contributed by atoms with E-state index < -0.39 is 6.10 Å². The quantitative estimate of drug-likeness (QED) is 0.650. The van der Waals surface area contributed by atoms with Crippen molar-refractivity contribution in [1.29, 1.82) is 0 Å². The van der Waals surface area contributed by atoms with Crippen molar-refractivity contribution < 1.29 is 19.3 Å². The Kier molecular flexibility index (Phi) is 8.43. The van der Waals surface area contributed by atoms with Gasteiger partial charge in [0.1, 0.15) is 30.0 Å². The van der Waals surface area contributed by atoms with Gasteiger partial charge in [0, 0.05) is 19.1 Å².